The van der Waals surface area contributed by atoms with Gasteiger partial charge in [0.15, 0.2) is 29.3 Å². The van der Waals surface area contributed by atoms with Gasteiger partial charge in [-0.2, -0.15) is 10.2 Å². The van der Waals surface area contributed by atoms with Gasteiger partial charge in [0.25, 0.3) is 0 Å². The molecule has 58 heavy (non-hydrogen) atoms. The summed E-state index contributed by atoms with van der Waals surface area (Å²) in [7, 11) is 11.9. The molecule has 0 fully saturated rings. The lowest BCUT2D eigenvalue weighted by Gasteiger charge is -2.13. The Hall–Kier alpha value is -7.69. The fourth-order valence-corrected chi connectivity index (χ4v) is 6.00. The molecular weight excluding hydrogens is 752 g/mol. The zero-order valence-electron chi connectivity index (χ0n) is 32.7. The van der Waals surface area contributed by atoms with Crippen LogP contribution in [0.25, 0.3) is 21.8 Å². The molecule has 0 aliphatic carbocycles. The highest BCUT2D eigenvalue weighted by atomic mass is 16.5. The van der Waals surface area contributed by atoms with Crippen molar-refractivity contribution >= 4 is 39.7 Å². The van der Waals surface area contributed by atoms with Crippen LogP contribution in [0.5, 0.6) is 46.0 Å². The molecule has 0 amide bonds. The molecule has 6 rings (SSSR count). The third-order valence-electron chi connectivity index (χ3n) is 8.67. The Bertz CT molecular complexity index is 2590. The van der Waals surface area contributed by atoms with Gasteiger partial charge in [0.05, 0.1) is 68.0 Å². The summed E-state index contributed by atoms with van der Waals surface area (Å²) in [6.07, 6.45) is 0.479. The highest BCUT2D eigenvalue weighted by Crippen LogP contribution is 2.40. The normalized spacial score (nSPS) is 10.2. The minimum Gasteiger partial charge on any atom is -0.495 e. The van der Waals surface area contributed by atoms with Crippen LogP contribution in [0.1, 0.15) is 43.2 Å². The molecule has 16 heteroatoms. The predicted octanol–water partition coefficient (Wildman–Crippen LogP) is 4.55. The number of hydrogen-bond acceptors (Lipinski definition) is 14. The van der Waals surface area contributed by atoms with Crippen molar-refractivity contribution in [2.24, 2.45) is 0 Å². The van der Waals surface area contributed by atoms with E-state index in [1.165, 1.54) is 56.9 Å². The van der Waals surface area contributed by atoms with E-state index < -0.39 is 0 Å². The van der Waals surface area contributed by atoms with E-state index >= 15 is 0 Å². The number of aromatic amines is 2. The van der Waals surface area contributed by atoms with Crippen LogP contribution in [0.3, 0.4) is 0 Å². The zero-order chi connectivity index (χ0) is 41.9. The van der Waals surface area contributed by atoms with E-state index in [1.807, 2.05) is 0 Å². The lowest BCUT2D eigenvalue weighted by atomic mass is 10.0. The van der Waals surface area contributed by atoms with Crippen molar-refractivity contribution in [3.63, 3.8) is 0 Å². The van der Waals surface area contributed by atoms with E-state index in [4.69, 9.17) is 43.0 Å². The van der Waals surface area contributed by atoms with E-state index in [2.05, 4.69) is 44.1 Å². The van der Waals surface area contributed by atoms with Gasteiger partial charge in [-0.3, -0.25) is 24.6 Å². The Balaban J connectivity index is 0.000000221. The van der Waals surface area contributed by atoms with Crippen LogP contribution >= 0.6 is 0 Å². The van der Waals surface area contributed by atoms with Gasteiger partial charge in [0, 0.05) is 21.9 Å². The van der Waals surface area contributed by atoms with Gasteiger partial charge in [-0.25, -0.2) is 0 Å². The van der Waals surface area contributed by atoms with E-state index in [0.29, 0.717) is 96.3 Å². The monoisotopic (exact) mass is 790 g/mol. The standard InChI is InChI=1S/C21H20N2O6.C21H18N2O6/c2*1-26-15-8-7-14-18(13(15)6-5-9-24)22-23-19(14)20(25)12-10-16(27-2)21(29-4)17(11-12)28-3/h7-8,10-11,24H,9H2,1-4H3,(H,22,23);7-11H,1-4H3,(H,22,23). The van der Waals surface area contributed by atoms with E-state index in [9.17, 15) is 14.4 Å². The third-order valence-corrected chi connectivity index (χ3v) is 8.67. The molecule has 2 aromatic heterocycles. The molecule has 298 valence electrons. The van der Waals surface area contributed by atoms with Crippen LogP contribution in [0.15, 0.2) is 48.5 Å². The predicted molar refractivity (Wildman–Crippen MR) is 211 cm³/mol. The highest BCUT2D eigenvalue weighted by molar-refractivity contribution is 6.17. The van der Waals surface area contributed by atoms with Gasteiger partial charge in [-0.05, 0) is 54.5 Å². The number of methoxy groups -OCH3 is 8. The van der Waals surface area contributed by atoms with Crippen LogP contribution in [-0.4, -0.2) is 107 Å². The molecule has 16 nitrogen and oxygen atoms in total. The summed E-state index contributed by atoms with van der Waals surface area (Å²) in [6, 6.07) is 13.1. The molecule has 0 aliphatic rings. The number of aromatic nitrogens is 4. The molecule has 4 aromatic carbocycles. The number of benzene rings is 4. The molecule has 3 N–H and O–H groups in total. The molecule has 0 aliphatic heterocycles. The van der Waals surface area contributed by atoms with Crippen LogP contribution < -0.4 is 37.9 Å². The van der Waals surface area contributed by atoms with Gasteiger partial charge in [0.1, 0.15) is 40.5 Å². The topological polar surface area (TPSA) is 203 Å². The summed E-state index contributed by atoms with van der Waals surface area (Å²) in [5, 5.41) is 24.1. The van der Waals surface area contributed by atoms with Gasteiger partial charge >= 0.3 is 0 Å². The fourth-order valence-electron chi connectivity index (χ4n) is 6.00. The van der Waals surface area contributed by atoms with Crippen molar-refractivity contribution in [3.8, 4) is 69.7 Å². The number of ketones is 2. The zero-order valence-corrected chi connectivity index (χ0v) is 32.7. The highest BCUT2D eigenvalue weighted by Gasteiger charge is 2.24. The SMILES string of the molecule is COc1cc(C(=O)c2[nH]nc3c(C#CC=O)c(OC)ccc23)cc(OC)c1OC.COc1cc(C(=O)c2[nH]nc3c(C#CCO)c(OC)ccc23)cc(OC)c1OC. The Morgan fingerprint density at radius 3 is 1.29 bits per heavy atom. The Kier molecular flexibility index (Phi) is 13.4. The second-order valence-electron chi connectivity index (χ2n) is 11.6. The van der Waals surface area contributed by atoms with E-state index in [0.717, 1.165) is 0 Å². The Morgan fingerprint density at radius 2 is 0.966 bits per heavy atom. The molecule has 0 atom stereocenters. The lowest BCUT2D eigenvalue weighted by Crippen LogP contribution is -2.05. The number of aliphatic hydroxyl groups is 1. The first-order valence-electron chi connectivity index (χ1n) is 17.0. The molecule has 0 unspecified atom stereocenters. The van der Waals surface area contributed by atoms with Crippen molar-refractivity contribution in [2.75, 3.05) is 63.5 Å². The van der Waals surface area contributed by atoms with E-state index in [1.54, 1.807) is 48.5 Å². The second kappa shape index (κ2) is 18.8. The van der Waals surface area contributed by atoms with Crippen molar-refractivity contribution in [3.05, 3.63) is 82.2 Å². The molecule has 2 heterocycles. The van der Waals surface area contributed by atoms with Crippen LogP contribution in [0, 0.1) is 23.7 Å². The van der Waals surface area contributed by atoms with Gasteiger partial charge in [-0.1, -0.05) is 17.8 Å². The van der Waals surface area contributed by atoms with Gasteiger partial charge < -0.3 is 43.0 Å². The summed E-state index contributed by atoms with van der Waals surface area (Å²) in [4.78, 5) is 37.1. The molecular formula is C42H38N4O12. The number of aliphatic hydroxyl groups excluding tert-OH is 1. The molecule has 0 radical (unpaired) electrons. The smallest absolute Gasteiger partial charge is 0.211 e. The maximum Gasteiger partial charge on any atom is 0.211 e. The van der Waals surface area contributed by atoms with Crippen LogP contribution in [-0.2, 0) is 4.79 Å². The number of H-pyrrole nitrogens is 2. The van der Waals surface area contributed by atoms with Crippen molar-refractivity contribution in [2.45, 2.75) is 0 Å². The number of hydrogen-bond donors (Lipinski definition) is 3. The number of fused-ring (bicyclic) bond motifs is 2. The van der Waals surface area contributed by atoms with Crippen molar-refractivity contribution in [1.82, 2.24) is 20.4 Å². The molecule has 6 aromatic rings. The molecule has 0 spiro atoms. The number of nitrogens with one attached hydrogen (secondary N) is 2. The fraction of sp³-hybridized carbons (Fsp3) is 0.214. The quantitative estimate of drug-likeness (QED) is 0.0885. The minimum absolute atomic E-state index is 0.256. The number of aldehydes is 1. The Labute approximate surface area is 332 Å². The summed E-state index contributed by atoms with van der Waals surface area (Å²) in [5.41, 5.74) is 2.99. The lowest BCUT2D eigenvalue weighted by molar-refractivity contribution is -0.103. The number of nitrogens with zero attached hydrogens (tertiary/aromatic N) is 2. The molecule has 0 saturated carbocycles. The average Bonchev–Trinajstić information content (AvgIpc) is 3.91. The summed E-state index contributed by atoms with van der Waals surface area (Å²) < 4.78 is 42.5. The molecule has 0 bridgehead atoms. The first-order chi connectivity index (χ1) is 28.2. The Morgan fingerprint density at radius 1 is 0.586 bits per heavy atom. The molecule has 0 saturated heterocycles. The van der Waals surface area contributed by atoms with Crippen LogP contribution in [0.4, 0.5) is 0 Å². The van der Waals surface area contributed by atoms with E-state index in [-0.39, 0.29) is 29.6 Å². The first kappa shape index (κ1) is 41.5. The first-order valence-corrected chi connectivity index (χ1v) is 17.0. The summed E-state index contributed by atoms with van der Waals surface area (Å²) in [5.74, 6) is 13.0. The number of rotatable bonds is 12. The maximum absolute atomic E-state index is 13.2. The number of ether oxygens (including phenoxy) is 8. The largest absolute Gasteiger partial charge is 0.495 e. The van der Waals surface area contributed by atoms with Crippen LogP contribution in [0.2, 0.25) is 0 Å². The number of carbonyl (C=O) groups is 3. The van der Waals surface area contributed by atoms with Crippen molar-refractivity contribution in [1.29, 1.82) is 0 Å². The van der Waals surface area contributed by atoms with Gasteiger partial charge in [0.2, 0.25) is 23.1 Å². The minimum atomic E-state index is -0.328. The summed E-state index contributed by atoms with van der Waals surface area (Å²) in [6.45, 7) is -0.304. The second-order valence-corrected chi connectivity index (χ2v) is 11.6. The number of carbonyl (C=O) groups excluding carboxylic acids is 3. The van der Waals surface area contributed by atoms with Gasteiger partial charge in [-0.15, -0.1) is 0 Å². The summed E-state index contributed by atoms with van der Waals surface area (Å²) >= 11 is 0. The average molecular weight is 791 g/mol. The third kappa shape index (κ3) is 7.99. The van der Waals surface area contributed by atoms with Crippen molar-refractivity contribution < 1.29 is 57.4 Å². The maximum atomic E-state index is 13.2.